The number of aromatic nitrogens is 3. The maximum atomic E-state index is 12.4. The SMILES string of the molecule is CC(Cn1cncn1)NS(=O)(=O)c1cc(S(C)(=O)=O)ccc1Cl. The normalized spacial score (nSPS) is 13.9. The zero-order valence-corrected chi connectivity index (χ0v) is 14.7. The van der Waals surface area contributed by atoms with Crippen molar-refractivity contribution in [3.05, 3.63) is 35.9 Å². The topological polar surface area (TPSA) is 111 Å². The Morgan fingerprint density at radius 1 is 1.30 bits per heavy atom. The summed E-state index contributed by atoms with van der Waals surface area (Å²) in [6.45, 7) is 1.91. The molecule has 0 radical (unpaired) electrons. The Kier molecular flexibility index (Phi) is 5.09. The molecule has 0 aliphatic heterocycles. The molecule has 1 aromatic heterocycles. The first-order chi connectivity index (χ1) is 10.6. The fourth-order valence-electron chi connectivity index (χ4n) is 1.89. The summed E-state index contributed by atoms with van der Waals surface area (Å²) >= 11 is 5.92. The van der Waals surface area contributed by atoms with Crippen molar-refractivity contribution in [2.75, 3.05) is 6.26 Å². The number of sulfone groups is 1. The second-order valence-electron chi connectivity index (χ2n) is 5.00. The van der Waals surface area contributed by atoms with E-state index in [0.29, 0.717) is 0 Å². The van der Waals surface area contributed by atoms with Crippen molar-refractivity contribution >= 4 is 31.5 Å². The van der Waals surface area contributed by atoms with Crippen molar-refractivity contribution in [3.63, 3.8) is 0 Å². The lowest BCUT2D eigenvalue weighted by Gasteiger charge is -2.15. The van der Waals surface area contributed by atoms with E-state index in [2.05, 4.69) is 14.8 Å². The second kappa shape index (κ2) is 6.56. The number of nitrogens with zero attached hydrogens (tertiary/aromatic N) is 3. The highest BCUT2D eigenvalue weighted by atomic mass is 35.5. The van der Waals surface area contributed by atoms with Crippen LogP contribution in [0.4, 0.5) is 0 Å². The van der Waals surface area contributed by atoms with Gasteiger partial charge in [0.25, 0.3) is 0 Å². The van der Waals surface area contributed by atoms with Crippen LogP contribution in [0, 0.1) is 0 Å². The first kappa shape index (κ1) is 17.9. The highest BCUT2D eigenvalue weighted by molar-refractivity contribution is 7.91. The van der Waals surface area contributed by atoms with Gasteiger partial charge in [-0.05, 0) is 25.1 Å². The molecule has 11 heteroatoms. The van der Waals surface area contributed by atoms with Gasteiger partial charge >= 0.3 is 0 Å². The average Bonchev–Trinajstić information content (AvgIpc) is 2.89. The molecule has 2 rings (SSSR count). The summed E-state index contributed by atoms with van der Waals surface area (Å²) in [4.78, 5) is 3.37. The van der Waals surface area contributed by atoms with Gasteiger partial charge in [-0.15, -0.1) is 0 Å². The molecule has 0 aliphatic rings. The molecule has 0 fully saturated rings. The number of hydrogen-bond donors (Lipinski definition) is 1. The molecule has 0 amide bonds. The van der Waals surface area contributed by atoms with E-state index in [1.807, 2.05) is 0 Å². The van der Waals surface area contributed by atoms with Gasteiger partial charge in [-0.2, -0.15) is 5.10 Å². The van der Waals surface area contributed by atoms with Gasteiger partial charge in [-0.1, -0.05) is 11.6 Å². The molecule has 1 N–H and O–H groups in total. The Hall–Kier alpha value is -1.49. The third kappa shape index (κ3) is 4.50. The molecule has 2 aromatic rings. The highest BCUT2D eigenvalue weighted by Crippen LogP contribution is 2.25. The van der Waals surface area contributed by atoms with E-state index in [-0.39, 0.29) is 21.4 Å². The maximum Gasteiger partial charge on any atom is 0.242 e. The molecule has 0 saturated carbocycles. The number of sulfonamides is 1. The second-order valence-corrected chi connectivity index (χ2v) is 9.11. The minimum absolute atomic E-state index is 0.0575. The summed E-state index contributed by atoms with van der Waals surface area (Å²) in [6.07, 6.45) is 3.79. The molecular weight excluding hydrogens is 364 g/mol. The molecule has 1 aromatic carbocycles. The van der Waals surface area contributed by atoms with Crippen molar-refractivity contribution in [2.45, 2.75) is 29.3 Å². The molecule has 1 heterocycles. The van der Waals surface area contributed by atoms with Gasteiger partial charge in [0.05, 0.1) is 16.5 Å². The van der Waals surface area contributed by atoms with Crippen LogP contribution in [0.1, 0.15) is 6.92 Å². The van der Waals surface area contributed by atoms with Crippen LogP contribution in [0.15, 0.2) is 40.6 Å². The molecule has 1 atom stereocenters. The minimum atomic E-state index is -3.98. The third-order valence-corrected chi connectivity index (χ3v) is 6.09. The minimum Gasteiger partial charge on any atom is -0.251 e. The molecule has 126 valence electrons. The van der Waals surface area contributed by atoms with Crippen LogP contribution >= 0.6 is 11.6 Å². The predicted molar refractivity (Wildman–Crippen MR) is 84.4 cm³/mol. The smallest absolute Gasteiger partial charge is 0.242 e. The molecule has 0 spiro atoms. The van der Waals surface area contributed by atoms with Gasteiger partial charge in [0.1, 0.15) is 17.6 Å². The summed E-state index contributed by atoms with van der Waals surface area (Å²) < 4.78 is 51.9. The summed E-state index contributed by atoms with van der Waals surface area (Å²) in [7, 11) is -7.53. The van der Waals surface area contributed by atoms with Crippen molar-refractivity contribution in [1.82, 2.24) is 19.5 Å². The van der Waals surface area contributed by atoms with Gasteiger partial charge in [-0.25, -0.2) is 26.5 Å². The van der Waals surface area contributed by atoms with Crippen LogP contribution in [0.3, 0.4) is 0 Å². The highest BCUT2D eigenvalue weighted by Gasteiger charge is 2.23. The third-order valence-electron chi connectivity index (χ3n) is 2.90. The number of nitrogens with one attached hydrogen (secondary N) is 1. The zero-order chi connectivity index (χ0) is 17.3. The Morgan fingerprint density at radius 3 is 2.57 bits per heavy atom. The number of hydrogen-bond acceptors (Lipinski definition) is 6. The summed E-state index contributed by atoms with van der Waals surface area (Å²) in [5.41, 5.74) is 0. The van der Waals surface area contributed by atoms with Gasteiger partial charge in [0, 0.05) is 12.3 Å². The van der Waals surface area contributed by atoms with Crippen LogP contribution in [0.5, 0.6) is 0 Å². The van der Waals surface area contributed by atoms with Crippen molar-refractivity contribution < 1.29 is 16.8 Å². The van der Waals surface area contributed by atoms with E-state index in [1.165, 1.54) is 29.5 Å². The van der Waals surface area contributed by atoms with Gasteiger partial charge in [0.2, 0.25) is 10.0 Å². The molecule has 1 unspecified atom stereocenters. The fourth-order valence-corrected chi connectivity index (χ4v) is 4.38. The number of rotatable bonds is 6. The van der Waals surface area contributed by atoms with Gasteiger partial charge in [-0.3, -0.25) is 4.68 Å². The molecular formula is C12H15ClN4O4S2. The van der Waals surface area contributed by atoms with Crippen LogP contribution in [0.25, 0.3) is 0 Å². The fraction of sp³-hybridized carbons (Fsp3) is 0.333. The van der Waals surface area contributed by atoms with Crippen molar-refractivity contribution in [2.24, 2.45) is 0 Å². The molecule has 0 bridgehead atoms. The molecule has 23 heavy (non-hydrogen) atoms. The summed E-state index contributed by atoms with van der Waals surface area (Å²) in [5.74, 6) is 0. The molecule has 8 nitrogen and oxygen atoms in total. The van der Waals surface area contributed by atoms with Crippen molar-refractivity contribution in [1.29, 1.82) is 0 Å². The Labute approximate surface area is 139 Å². The first-order valence-electron chi connectivity index (χ1n) is 6.44. The summed E-state index contributed by atoms with van der Waals surface area (Å²) in [5, 5.41) is 3.83. The Balaban J connectivity index is 2.28. The van der Waals surface area contributed by atoms with E-state index in [4.69, 9.17) is 11.6 Å². The van der Waals surface area contributed by atoms with Gasteiger partial charge < -0.3 is 0 Å². The van der Waals surface area contributed by atoms with E-state index in [1.54, 1.807) is 6.92 Å². The number of halogens is 1. The lowest BCUT2D eigenvalue weighted by Crippen LogP contribution is -2.36. The monoisotopic (exact) mass is 378 g/mol. The lowest BCUT2D eigenvalue weighted by molar-refractivity contribution is 0.493. The Morgan fingerprint density at radius 2 is 2.00 bits per heavy atom. The van der Waals surface area contributed by atoms with Crippen LogP contribution in [-0.2, 0) is 26.4 Å². The summed E-state index contributed by atoms with van der Waals surface area (Å²) in [6, 6.07) is 3.05. The van der Waals surface area contributed by atoms with E-state index in [0.717, 1.165) is 12.3 Å². The molecule has 0 aliphatic carbocycles. The van der Waals surface area contributed by atoms with E-state index in [9.17, 15) is 16.8 Å². The van der Waals surface area contributed by atoms with Crippen LogP contribution in [-0.4, -0.2) is 43.9 Å². The van der Waals surface area contributed by atoms with Crippen molar-refractivity contribution in [3.8, 4) is 0 Å². The Bertz CT molecular complexity index is 895. The quantitative estimate of drug-likeness (QED) is 0.792. The van der Waals surface area contributed by atoms with E-state index < -0.39 is 25.9 Å². The maximum absolute atomic E-state index is 12.4. The number of benzene rings is 1. The first-order valence-corrected chi connectivity index (χ1v) is 10.2. The van der Waals surface area contributed by atoms with E-state index >= 15 is 0 Å². The average molecular weight is 379 g/mol. The van der Waals surface area contributed by atoms with Gasteiger partial charge in [0.15, 0.2) is 9.84 Å². The molecule has 0 saturated heterocycles. The predicted octanol–water partition coefficient (Wildman–Crippen LogP) is 0.702. The zero-order valence-electron chi connectivity index (χ0n) is 12.3. The largest absolute Gasteiger partial charge is 0.251 e. The van der Waals surface area contributed by atoms with Crippen LogP contribution in [0.2, 0.25) is 5.02 Å². The standard InChI is InChI=1S/C12H15ClN4O4S2/c1-9(6-17-8-14-7-15-17)16-23(20,21)12-5-10(22(2,18)19)3-4-11(12)13/h3-5,7-9,16H,6H2,1-2H3. The lowest BCUT2D eigenvalue weighted by atomic mass is 10.4. The van der Waals surface area contributed by atoms with Crippen LogP contribution < -0.4 is 4.72 Å².